The van der Waals surface area contributed by atoms with Gasteiger partial charge in [0.05, 0.1) is 12.7 Å². The molecule has 0 heterocycles. The van der Waals surface area contributed by atoms with Gasteiger partial charge in [0.1, 0.15) is 0 Å². The van der Waals surface area contributed by atoms with Crippen LogP contribution in [0.25, 0.3) is 0 Å². The molecule has 0 saturated heterocycles. The van der Waals surface area contributed by atoms with E-state index in [1.165, 1.54) is 32.1 Å². The number of nitrogens with one attached hydrogen (secondary N) is 1. The summed E-state index contributed by atoms with van der Waals surface area (Å²) in [6.45, 7) is 9.76. The van der Waals surface area contributed by atoms with Gasteiger partial charge in [-0.05, 0) is 31.2 Å². The fraction of sp³-hybridized carbons (Fsp3) is 1.00. The molecule has 16 heavy (non-hydrogen) atoms. The largest absolute Gasteiger partial charge is 0.377 e. The van der Waals surface area contributed by atoms with Crippen LogP contribution in [0.1, 0.15) is 52.9 Å². The van der Waals surface area contributed by atoms with E-state index in [0.29, 0.717) is 6.10 Å². The minimum Gasteiger partial charge on any atom is -0.377 e. The molecule has 0 aromatic carbocycles. The van der Waals surface area contributed by atoms with Crippen molar-refractivity contribution in [1.82, 2.24) is 5.32 Å². The summed E-state index contributed by atoms with van der Waals surface area (Å²) in [4.78, 5) is 0. The minimum atomic E-state index is 0.541. The van der Waals surface area contributed by atoms with Gasteiger partial charge in [0.25, 0.3) is 0 Å². The molecule has 1 aliphatic carbocycles. The summed E-state index contributed by atoms with van der Waals surface area (Å²) in [7, 11) is 0. The topological polar surface area (TPSA) is 21.3 Å². The summed E-state index contributed by atoms with van der Waals surface area (Å²) < 4.78 is 6.01. The highest BCUT2D eigenvalue weighted by Crippen LogP contribution is 2.28. The fourth-order valence-corrected chi connectivity index (χ4v) is 2.53. The van der Waals surface area contributed by atoms with E-state index in [9.17, 15) is 0 Å². The Hall–Kier alpha value is -0.0800. The lowest BCUT2D eigenvalue weighted by Crippen LogP contribution is -2.31. The van der Waals surface area contributed by atoms with Gasteiger partial charge in [-0.1, -0.05) is 40.0 Å². The van der Waals surface area contributed by atoms with Crippen LogP contribution >= 0.6 is 0 Å². The van der Waals surface area contributed by atoms with Crippen molar-refractivity contribution in [2.45, 2.75) is 59.0 Å². The van der Waals surface area contributed by atoms with E-state index < -0.39 is 0 Å². The van der Waals surface area contributed by atoms with Gasteiger partial charge in [-0.15, -0.1) is 0 Å². The van der Waals surface area contributed by atoms with Gasteiger partial charge in [-0.3, -0.25) is 0 Å². The van der Waals surface area contributed by atoms with Crippen molar-refractivity contribution in [3.63, 3.8) is 0 Å². The molecule has 0 aromatic heterocycles. The molecular formula is C14H29NO. The first-order valence-electron chi connectivity index (χ1n) is 7.06. The lowest BCUT2D eigenvalue weighted by Gasteiger charge is -2.30. The number of ether oxygens (including phenoxy) is 1. The van der Waals surface area contributed by atoms with Gasteiger partial charge in [0, 0.05) is 6.54 Å². The Morgan fingerprint density at radius 2 is 2.00 bits per heavy atom. The van der Waals surface area contributed by atoms with Crippen LogP contribution in [0.15, 0.2) is 0 Å². The Balaban J connectivity index is 2.06. The Morgan fingerprint density at radius 3 is 2.69 bits per heavy atom. The molecule has 0 aliphatic heterocycles. The van der Waals surface area contributed by atoms with Crippen LogP contribution in [0, 0.1) is 11.8 Å². The molecule has 1 aliphatic rings. The lowest BCUT2D eigenvalue weighted by molar-refractivity contribution is -0.0103. The average Bonchev–Trinajstić information content (AvgIpc) is 2.29. The Morgan fingerprint density at radius 1 is 1.25 bits per heavy atom. The highest BCUT2D eigenvalue weighted by Gasteiger charge is 2.23. The molecule has 1 rings (SSSR count). The van der Waals surface area contributed by atoms with Gasteiger partial charge in [-0.25, -0.2) is 0 Å². The summed E-state index contributed by atoms with van der Waals surface area (Å²) in [6.07, 6.45) is 7.25. The van der Waals surface area contributed by atoms with Crippen molar-refractivity contribution in [1.29, 1.82) is 0 Å². The molecule has 2 atom stereocenters. The van der Waals surface area contributed by atoms with Crippen LogP contribution in [0.5, 0.6) is 0 Å². The van der Waals surface area contributed by atoms with Crippen LogP contribution in [0.2, 0.25) is 0 Å². The normalized spacial score (nSPS) is 26.2. The standard InChI is InChI=1S/C14H29NO/c1-4-13-7-5-6-8-14(13)16-10-9-15-11-12(2)3/h12-15H,4-11H2,1-3H3. The van der Waals surface area contributed by atoms with E-state index in [-0.39, 0.29) is 0 Å². The molecule has 1 N–H and O–H groups in total. The Labute approximate surface area is 101 Å². The first-order valence-corrected chi connectivity index (χ1v) is 7.06. The molecular weight excluding hydrogens is 198 g/mol. The van der Waals surface area contributed by atoms with Crippen molar-refractivity contribution >= 4 is 0 Å². The monoisotopic (exact) mass is 227 g/mol. The number of rotatable bonds is 7. The van der Waals surface area contributed by atoms with Gasteiger partial charge in [-0.2, -0.15) is 0 Å². The zero-order valence-corrected chi connectivity index (χ0v) is 11.3. The van der Waals surface area contributed by atoms with Crippen LogP contribution in [0.3, 0.4) is 0 Å². The second kappa shape index (κ2) is 8.08. The molecule has 0 amide bonds. The molecule has 2 unspecified atom stereocenters. The average molecular weight is 227 g/mol. The highest BCUT2D eigenvalue weighted by molar-refractivity contribution is 4.74. The van der Waals surface area contributed by atoms with E-state index in [1.807, 2.05) is 0 Å². The predicted molar refractivity (Wildman–Crippen MR) is 69.7 cm³/mol. The summed E-state index contributed by atoms with van der Waals surface area (Å²) in [5.74, 6) is 1.55. The van der Waals surface area contributed by atoms with E-state index in [4.69, 9.17) is 4.74 Å². The molecule has 0 bridgehead atoms. The van der Waals surface area contributed by atoms with Gasteiger partial charge in [0.15, 0.2) is 0 Å². The highest BCUT2D eigenvalue weighted by atomic mass is 16.5. The zero-order chi connectivity index (χ0) is 11.8. The molecule has 0 aromatic rings. The van der Waals surface area contributed by atoms with Gasteiger partial charge >= 0.3 is 0 Å². The van der Waals surface area contributed by atoms with Gasteiger partial charge in [0.2, 0.25) is 0 Å². The zero-order valence-electron chi connectivity index (χ0n) is 11.3. The molecule has 0 spiro atoms. The third-order valence-corrected chi connectivity index (χ3v) is 3.53. The summed E-state index contributed by atoms with van der Waals surface area (Å²) in [6, 6.07) is 0. The maximum Gasteiger partial charge on any atom is 0.0603 e. The number of hydrogen-bond acceptors (Lipinski definition) is 2. The van der Waals surface area contributed by atoms with E-state index in [2.05, 4.69) is 26.1 Å². The third-order valence-electron chi connectivity index (χ3n) is 3.53. The molecule has 2 heteroatoms. The van der Waals surface area contributed by atoms with Crippen LogP contribution in [0.4, 0.5) is 0 Å². The Bertz CT molecular complexity index is 170. The molecule has 2 nitrogen and oxygen atoms in total. The molecule has 1 fully saturated rings. The first kappa shape index (κ1) is 14.0. The smallest absolute Gasteiger partial charge is 0.0603 e. The Kier molecular flexibility index (Phi) is 7.06. The molecule has 96 valence electrons. The predicted octanol–water partition coefficient (Wildman–Crippen LogP) is 3.22. The lowest BCUT2D eigenvalue weighted by atomic mass is 9.85. The van der Waals surface area contributed by atoms with Gasteiger partial charge < -0.3 is 10.1 Å². The van der Waals surface area contributed by atoms with E-state index in [1.54, 1.807) is 0 Å². The first-order chi connectivity index (χ1) is 7.74. The quantitative estimate of drug-likeness (QED) is 0.674. The SMILES string of the molecule is CCC1CCCCC1OCCNCC(C)C. The second-order valence-corrected chi connectivity index (χ2v) is 5.46. The van der Waals surface area contributed by atoms with Crippen molar-refractivity contribution in [3.05, 3.63) is 0 Å². The van der Waals surface area contributed by atoms with Crippen molar-refractivity contribution in [2.24, 2.45) is 11.8 Å². The van der Waals surface area contributed by atoms with E-state index >= 15 is 0 Å². The van der Waals surface area contributed by atoms with Crippen molar-refractivity contribution in [3.8, 4) is 0 Å². The molecule has 0 radical (unpaired) electrons. The van der Waals surface area contributed by atoms with Crippen molar-refractivity contribution < 1.29 is 4.74 Å². The summed E-state index contributed by atoms with van der Waals surface area (Å²) in [5.41, 5.74) is 0. The van der Waals surface area contributed by atoms with Crippen LogP contribution in [-0.4, -0.2) is 25.8 Å². The molecule has 1 saturated carbocycles. The second-order valence-electron chi connectivity index (χ2n) is 5.46. The van der Waals surface area contributed by atoms with E-state index in [0.717, 1.165) is 31.5 Å². The van der Waals surface area contributed by atoms with Crippen LogP contribution < -0.4 is 5.32 Å². The maximum absolute atomic E-state index is 6.01. The van der Waals surface area contributed by atoms with Crippen molar-refractivity contribution in [2.75, 3.05) is 19.7 Å². The summed E-state index contributed by atoms with van der Waals surface area (Å²) >= 11 is 0. The number of hydrogen-bond donors (Lipinski definition) is 1. The maximum atomic E-state index is 6.01. The minimum absolute atomic E-state index is 0.541. The third kappa shape index (κ3) is 5.31. The summed E-state index contributed by atoms with van der Waals surface area (Å²) in [5, 5.41) is 3.43. The fourth-order valence-electron chi connectivity index (χ4n) is 2.53. The van der Waals surface area contributed by atoms with Crippen LogP contribution in [-0.2, 0) is 4.74 Å².